The number of hydrazone groups is 1. The first kappa shape index (κ1) is 23.3. The molecule has 0 heterocycles. The summed E-state index contributed by atoms with van der Waals surface area (Å²) in [6.45, 7) is 0. The van der Waals surface area contributed by atoms with Crippen LogP contribution in [0.15, 0.2) is 102 Å². The highest BCUT2D eigenvalue weighted by molar-refractivity contribution is 6.05. The molecule has 0 fully saturated rings. The van der Waals surface area contributed by atoms with Gasteiger partial charge in [-0.05, 0) is 64.4 Å². The summed E-state index contributed by atoms with van der Waals surface area (Å²) < 4.78 is 5.08. The lowest BCUT2D eigenvalue weighted by atomic mass is 10.1. The summed E-state index contributed by atoms with van der Waals surface area (Å²) in [7, 11) is 1.44. The number of aromatic hydroxyl groups is 1. The normalized spacial score (nSPS) is 11.4. The second-order valence-corrected chi connectivity index (χ2v) is 7.62. The first-order valence-electron chi connectivity index (χ1n) is 10.8. The third-order valence-corrected chi connectivity index (χ3v) is 5.20. The summed E-state index contributed by atoms with van der Waals surface area (Å²) in [5.74, 6) is -0.727. The van der Waals surface area contributed by atoms with Gasteiger partial charge in [-0.25, -0.2) is 5.43 Å². The maximum absolute atomic E-state index is 13.0. The third kappa shape index (κ3) is 5.91. The molecule has 0 saturated carbocycles. The van der Waals surface area contributed by atoms with Crippen LogP contribution in [0.1, 0.15) is 21.5 Å². The molecule has 0 unspecified atom stereocenters. The van der Waals surface area contributed by atoms with Gasteiger partial charge in [0.05, 0.1) is 13.3 Å². The van der Waals surface area contributed by atoms with Crippen molar-refractivity contribution in [3.8, 4) is 11.5 Å². The van der Waals surface area contributed by atoms with Crippen LogP contribution in [0.3, 0.4) is 0 Å². The maximum atomic E-state index is 13.0. The summed E-state index contributed by atoms with van der Waals surface area (Å²) in [6, 6.07) is 26.9. The number of amides is 2. The van der Waals surface area contributed by atoms with Crippen LogP contribution in [0.5, 0.6) is 11.5 Å². The summed E-state index contributed by atoms with van der Waals surface area (Å²) >= 11 is 0. The predicted molar refractivity (Wildman–Crippen MR) is 136 cm³/mol. The van der Waals surface area contributed by atoms with Crippen LogP contribution in [-0.2, 0) is 4.79 Å². The average molecular weight is 466 g/mol. The molecule has 0 aliphatic rings. The fraction of sp³-hybridized carbons (Fsp3) is 0.0357. The first-order chi connectivity index (χ1) is 17.0. The Morgan fingerprint density at radius 2 is 1.57 bits per heavy atom. The van der Waals surface area contributed by atoms with Crippen molar-refractivity contribution in [3.05, 3.63) is 113 Å². The number of nitrogens with one attached hydrogen (secondary N) is 2. The standard InChI is InChI=1S/C28H23N3O4/c1-35-26-17-20(12-14-25(26)32)18-29-31-28(34)24(30-27(33)22-8-3-2-4-9-22)16-19-11-13-21-7-5-6-10-23(21)15-19/h2-18,32H,1H3,(H,30,33)(H,31,34). The number of benzene rings is 4. The zero-order valence-electron chi connectivity index (χ0n) is 18.9. The van der Waals surface area contributed by atoms with Crippen molar-refractivity contribution in [1.29, 1.82) is 0 Å². The van der Waals surface area contributed by atoms with Gasteiger partial charge >= 0.3 is 0 Å². The number of carbonyl (C=O) groups excluding carboxylic acids is 2. The van der Waals surface area contributed by atoms with E-state index in [2.05, 4.69) is 15.8 Å². The number of fused-ring (bicyclic) bond motifs is 1. The molecule has 0 spiro atoms. The van der Waals surface area contributed by atoms with Crippen molar-refractivity contribution < 1.29 is 19.4 Å². The van der Waals surface area contributed by atoms with Gasteiger partial charge in [0.25, 0.3) is 11.8 Å². The molecule has 3 N–H and O–H groups in total. The molecule has 0 saturated heterocycles. The quantitative estimate of drug-likeness (QED) is 0.213. The zero-order valence-corrected chi connectivity index (χ0v) is 18.9. The smallest absolute Gasteiger partial charge is 0.287 e. The summed E-state index contributed by atoms with van der Waals surface area (Å²) in [4.78, 5) is 25.7. The van der Waals surface area contributed by atoms with Crippen LogP contribution < -0.4 is 15.5 Å². The average Bonchev–Trinajstić information content (AvgIpc) is 2.89. The number of carbonyl (C=O) groups is 2. The number of phenols is 1. The third-order valence-electron chi connectivity index (χ3n) is 5.20. The van der Waals surface area contributed by atoms with Crippen molar-refractivity contribution in [2.45, 2.75) is 0 Å². The molecule has 0 radical (unpaired) electrons. The van der Waals surface area contributed by atoms with Crippen LogP contribution >= 0.6 is 0 Å². The molecular weight excluding hydrogens is 442 g/mol. The second-order valence-electron chi connectivity index (χ2n) is 7.62. The number of rotatable bonds is 7. The highest BCUT2D eigenvalue weighted by Gasteiger charge is 2.14. The van der Waals surface area contributed by atoms with Gasteiger partial charge in [0.2, 0.25) is 0 Å². The molecule has 0 atom stereocenters. The Hall–Kier alpha value is -4.91. The van der Waals surface area contributed by atoms with E-state index in [4.69, 9.17) is 4.74 Å². The predicted octanol–water partition coefficient (Wildman–Crippen LogP) is 4.48. The van der Waals surface area contributed by atoms with Gasteiger partial charge in [0.15, 0.2) is 11.5 Å². The van der Waals surface area contributed by atoms with E-state index in [1.54, 1.807) is 42.5 Å². The first-order valence-corrected chi connectivity index (χ1v) is 10.8. The number of nitrogens with zero attached hydrogens (tertiary/aromatic N) is 1. The minimum atomic E-state index is -0.593. The van der Waals surface area contributed by atoms with Crippen molar-refractivity contribution in [2.75, 3.05) is 7.11 Å². The number of ether oxygens (including phenoxy) is 1. The van der Waals surface area contributed by atoms with Gasteiger partial charge in [0.1, 0.15) is 5.70 Å². The van der Waals surface area contributed by atoms with Crippen molar-refractivity contribution in [1.82, 2.24) is 10.7 Å². The van der Waals surface area contributed by atoms with Gasteiger partial charge < -0.3 is 15.2 Å². The fourth-order valence-electron chi connectivity index (χ4n) is 3.41. The molecule has 0 aliphatic heterocycles. The molecule has 7 nitrogen and oxygen atoms in total. The molecule has 4 aromatic rings. The Morgan fingerprint density at radius 3 is 2.34 bits per heavy atom. The number of hydrogen-bond acceptors (Lipinski definition) is 5. The Bertz CT molecular complexity index is 1430. The summed E-state index contributed by atoms with van der Waals surface area (Å²) in [6.07, 6.45) is 3.01. The molecule has 0 bridgehead atoms. The summed E-state index contributed by atoms with van der Waals surface area (Å²) in [5, 5.41) is 18.5. The molecular formula is C28H23N3O4. The Labute approximate surface area is 202 Å². The topological polar surface area (TPSA) is 100 Å². The Kier molecular flexibility index (Phi) is 7.18. The number of methoxy groups -OCH3 is 1. The van der Waals surface area contributed by atoms with Crippen molar-refractivity contribution >= 4 is 34.9 Å². The van der Waals surface area contributed by atoms with E-state index in [1.165, 1.54) is 19.4 Å². The van der Waals surface area contributed by atoms with Gasteiger partial charge in [-0.15, -0.1) is 0 Å². The fourth-order valence-corrected chi connectivity index (χ4v) is 3.41. The van der Waals surface area contributed by atoms with E-state index in [9.17, 15) is 14.7 Å². The molecule has 174 valence electrons. The summed E-state index contributed by atoms with van der Waals surface area (Å²) in [5.41, 5.74) is 4.25. The van der Waals surface area contributed by atoms with Crippen molar-refractivity contribution in [2.24, 2.45) is 5.10 Å². The molecule has 2 amide bonds. The van der Waals surface area contributed by atoms with Crippen molar-refractivity contribution in [3.63, 3.8) is 0 Å². The van der Waals surface area contributed by atoms with Crippen LogP contribution in [0, 0.1) is 0 Å². The highest BCUT2D eigenvalue weighted by atomic mass is 16.5. The SMILES string of the molecule is COc1cc(C=NNC(=O)C(=Cc2ccc3ccccc3c2)NC(=O)c2ccccc2)ccc1O. The highest BCUT2D eigenvalue weighted by Crippen LogP contribution is 2.25. The van der Waals surface area contributed by atoms with E-state index < -0.39 is 11.8 Å². The lowest BCUT2D eigenvalue weighted by molar-refractivity contribution is -0.117. The molecule has 0 aromatic heterocycles. The van der Waals surface area contributed by atoms with Crippen LogP contribution in [0.25, 0.3) is 16.8 Å². The van der Waals surface area contributed by atoms with Gasteiger partial charge in [-0.3, -0.25) is 9.59 Å². The Morgan fingerprint density at radius 1 is 0.857 bits per heavy atom. The van der Waals surface area contributed by atoms with Crippen LogP contribution in [0.2, 0.25) is 0 Å². The molecule has 4 rings (SSSR count). The largest absolute Gasteiger partial charge is 0.504 e. The molecule has 7 heteroatoms. The van der Waals surface area contributed by atoms with Crippen LogP contribution in [0.4, 0.5) is 0 Å². The molecule has 0 aliphatic carbocycles. The maximum Gasteiger partial charge on any atom is 0.287 e. The van der Waals surface area contributed by atoms with Gasteiger partial charge in [0, 0.05) is 5.56 Å². The van der Waals surface area contributed by atoms with E-state index in [-0.39, 0.29) is 17.2 Å². The van der Waals surface area contributed by atoms with Gasteiger partial charge in [-0.1, -0.05) is 54.6 Å². The van der Waals surface area contributed by atoms with E-state index >= 15 is 0 Å². The molecule has 35 heavy (non-hydrogen) atoms. The number of hydrogen-bond donors (Lipinski definition) is 3. The second kappa shape index (κ2) is 10.8. The minimum absolute atomic E-state index is 0.00193. The van der Waals surface area contributed by atoms with E-state index in [0.29, 0.717) is 11.1 Å². The molecule has 4 aromatic carbocycles. The lowest BCUT2D eigenvalue weighted by Crippen LogP contribution is -2.32. The minimum Gasteiger partial charge on any atom is -0.504 e. The Balaban J connectivity index is 1.59. The van der Waals surface area contributed by atoms with E-state index in [1.807, 2.05) is 48.5 Å². The number of phenolic OH excluding ortho intramolecular Hbond substituents is 1. The zero-order chi connectivity index (χ0) is 24.6. The van der Waals surface area contributed by atoms with Crippen LogP contribution in [-0.4, -0.2) is 30.2 Å². The van der Waals surface area contributed by atoms with Gasteiger partial charge in [-0.2, -0.15) is 5.10 Å². The van der Waals surface area contributed by atoms with E-state index in [0.717, 1.165) is 16.3 Å². The lowest BCUT2D eigenvalue weighted by Gasteiger charge is -2.10. The monoisotopic (exact) mass is 465 g/mol.